The minimum atomic E-state index is -0.480. The maximum absolute atomic E-state index is 14.5. The van der Waals surface area contributed by atoms with Crippen molar-refractivity contribution in [1.29, 1.82) is 0 Å². The van der Waals surface area contributed by atoms with Crippen LogP contribution in [-0.2, 0) is 9.59 Å². The molecule has 0 saturated carbocycles. The first kappa shape index (κ1) is 19.2. The molecule has 2 aromatic carbocycles. The molecule has 29 heavy (non-hydrogen) atoms. The lowest BCUT2D eigenvalue weighted by Crippen LogP contribution is -2.41. The van der Waals surface area contributed by atoms with Gasteiger partial charge < -0.3 is 9.47 Å². The zero-order valence-corrected chi connectivity index (χ0v) is 16.4. The molecule has 0 fully saturated rings. The lowest BCUT2D eigenvalue weighted by Gasteiger charge is -2.38. The van der Waals surface area contributed by atoms with E-state index in [1.807, 2.05) is 6.07 Å². The molecule has 0 radical (unpaired) electrons. The maximum Gasteiger partial charge on any atom is 0.232 e. The van der Waals surface area contributed by atoms with Crippen LogP contribution >= 0.6 is 0 Å². The molecule has 0 spiro atoms. The molecule has 1 aliphatic carbocycles. The number of ether oxygens (including phenoxy) is 2. The average molecular weight is 395 g/mol. The van der Waals surface area contributed by atoms with Gasteiger partial charge in [-0.2, -0.15) is 0 Å². The van der Waals surface area contributed by atoms with Crippen molar-refractivity contribution in [1.82, 2.24) is 0 Å². The summed E-state index contributed by atoms with van der Waals surface area (Å²) in [7, 11) is 3.11. The molecule has 0 bridgehead atoms. The summed E-state index contributed by atoms with van der Waals surface area (Å²) in [5.41, 5.74) is 2.14. The minimum Gasteiger partial charge on any atom is -0.497 e. The normalized spacial score (nSPS) is 19.3. The zero-order valence-electron chi connectivity index (χ0n) is 16.4. The molecule has 0 saturated heterocycles. The highest BCUT2D eigenvalue weighted by Gasteiger charge is 2.41. The number of rotatable bonds is 4. The largest absolute Gasteiger partial charge is 0.497 e. The highest BCUT2D eigenvalue weighted by Crippen LogP contribution is 2.46. The van der Waals surface area contributed by atoms with Gasteiger partial charge in [-0.3, -0.25) is 14.5 Å². The van der Waals surface area contributed by atoms with Crippen molar-refractivity contribution in [3.63, 3.8) is 0 Å². The molecule has 0 N–H and O–H groups in total. The predicted molar refractivity (Wildman–Crippen MR) is 107 cm³/mol. The summed E-state index contributed by atoms with van der Waals surface area (Å²) in [6, 6.07) is 11.5. The number of nitrogens with zero attached hydrogens (tertiary/aromatic N) is 1. The Hall–Kier alpha value is -3.15. The van der Waals surface area contributed by atoms with E-state index in [1.54, 1.807) is 44.6 Å². The van der Waals surface area contributed by atoms with Gasteiger partial charge in [0.2, 0.25) is 5.91 Å². The van der Waals surface area contributed by atoms with E-state index in [4.69, 9.17) is 9.47 Å². The Labute approximate surface area is 168 Å². The van der Waals surface area contributed by atoms with Crippen molar-refractivity contribution in [2.24, 2.45) is 0 Å². The maximum atomic E-state index is 14.5. The van der Waals surface area contributed by atoms with Gasteiger partial charge in [-0.05, 0) is 31.0 Å². The molecule has 150 valence electrons. The Balaban J connectivity index is 1.88. The van der Waals surface area contributed by atoms with Crippen molar-refractivity contribution >= 4 is 17.4 Å². The highest BCUT2D eigenvalue weighted by atomic mass is 19.1. The van der Waals surface area contributed by atoms with Crippen LogP contribution in [0.3, 0.4) is 0 Å². The van der Waals surface area contributed by atoms with Gasteiger partial charge in [-0.1, -0.05) is 18.2 Å². The number of ketones is 1. The van der Waals surface area contributed by atoms with Gasteiger partial charge in [-0.25, -0.2) is 4.39 Å². The van der Waals surface area contributed by atoms with Gasteiger partial charge in [-0.15, -0.1) is 0 Å². The Bertz CT molecular complexity index is 1010. The van der Waals surface area contributed by atoms with Crippen LogP contribution in [0.2, 0.25) is 0 Å². The SMILES string of the molecule is COc1ccc(C2CC(=O)N(c3ccccc3F)C3=C2C(=O)CCC3)c(OC)c1. The number of hydrogen-bond donors (Lipinski definition) is 0. The number of Topliss-reactive ketones (excluding diaryl/α,β-unsaturated/α-hetero) is 1. The van der Waals surface area contributed by atoms with Crippen molar-refractivity contribution in [2.75, 3.05) is 19.1 Å². The van der Waals surface area contributed by atoms with Crippen molar-refractivity contribution in [2.45, 2.75) is 31.6 Å². The number of para-hydroxylation sites is 1. The van der Waals surface area contributed by atoms with Gasteiger partial charge >= 0.3 is 0 Å². The van der Waals surface area contributed by atoms with Crippen LogP contribution in [-0.4, -0.2) is 25.9 Å². The Morgan fingerprint density at radius 1 is 1.03 bits per heavy atom. The molecular weight excluding hydrogens is 373 g/mol. The van der Waals surface area contributed by atoms with Crippen LogP contribution in [0.1, 0.15) is 37.2 Å². The smallest absolute Gasteiger partial charge is 0.232 e. The van der Waals surface area contributed by atoms with Crippen LogP contribution in [0.4, 0.5) is 10.1 Å². The molecule has 0 aromatic heterocycles. The number of benzene rings is 2. The first-order valence-electron chi connectivity index (χ1n) is 9.60. The molecule has 4 rings (SSSR count). The third-order valence-corrected chi connectivity index (χ3v) is 5.58. The fourth-order valence-electron chi connectivity index (χ4n) is 4.28. The van der Waals surface area contributed by atoms with Crippen molar-refractivity contribution in [3.8, 4) is 11.5 Å². The molecule has 6 heteroatoms. The molecule has 2 aliphatic rings. The first-order valence-corrected chi connectivity index (χ1v) is 9.60. The summed E-state index contributed by atoms with van der Waals surface area (Å²) in [5, 5.41) is 0. The molecule has 5 nitrogen and oxygen atoms in total. The first-order chi connectivity index (χ1) is 14.0. The standard InChI is InChI=1S/C23H22FNO4/c1-28-14-10-11-15(21(12-14)29-2)16-13-22(27)25(18-7-4-3-6-17(18)24)19-8-5-9-20(26)23(16)19/h3-4,6-7,10-12,16H,5,8-9,13H2,1-2H3. The van der Waals surface area contributed by atoms with Crippen LogP contribution in [0.25, 0.3) is 0 Å². The fourth-order valence-corrected chi connectivity index (χ4v) is 4.28. The zero-order chi connectivity index (χ0) is 20.5. The van der Waals surface area contributed by atoms with Crippen LogP contribution in [0.15, 0.2) is 53.7 Å². The third kappa shape index (κ3) is 3.28. The number of amides is 1. The van der Waals surface area contributed by atoms with E-state index in [2.05, 4.69) is 0 Å². The number of hydrogen-bond acceptors (Lipinski definition) is 4. The van der Waals surface area contributed by atoms with Gasteiger partial charge in [0.25, 0.3) is 0 Å². The number of methoxy groups -OCH3 is 2. The second-order valence-electron chi connectivity index (χ2n) is 7.18. The number of carbonyl (C=O) groups is 2. The van der Waals surface area contributed by atoms with Gasteiger partial charge in [0, 0.05) is 41.7 Å². The second-order valence-corrected chi connectivity index (χ2v) is 7.18. The Morgan fingerprint density at radius 2 is 1.83 bits per heavy atom. The topological polar surface area (TPSA) is 55.8 Å². The van der Waals surface area contributed by atoms with Crippen molar-refractivity contribution < 1.29 is 23.5 Å². The Morgan fingerprint density at radius 3 is 2.55 bits per heavy atom. The van der Waals surface area contributed by atoms with Crippen LogP contribution in [0, 0.1) is 5.82 Å². The summed E-state index contributed by atoms with van der Waals surface area (Å²) >= 11 is 0. The summed E-state index contributed by atoms with van der Waals surface area (Å²) in [5.74, 6) is 0.0615. The second kappa shape index (κ2) is 7.70. The fraction of sp³-hybridized carbons (Fsp3) is 0.304. The van der Waals surface area contributed by atoms with Crippen molar-refractivity contribution in [3.05, 3.63) is 65.1 Å². The van der Waals surface area contributed by atoms with E-state index in [1.165, 1.54) is 11.0 Å². The average Bonchev–Trinajstić information content (AvgIpc) is 2.73. The Kier molecular flexibility index (Phi) is 5.09. The van der Waals surface area contributed by atoms with E-state index in [-0.39, 0.29) is 23.8 Å². The summed E-state index contributed by atoms with van der Waals surface area (Å²) < 4.78 is 25.3. The van der Waals surface area contributed by atoms with E-state index >= 15 is 0 Å². The van der Waals surface area contributed by atoms with E-state index in [0.717, 1.165) is 5.56 Å². The molecule has 1 amide bonds. The predicted octanol–water partition coefficient (Wildman–Crippen LogP) is 4.37. The minimum absolute atomic E-state index is 0.00274. The summed E-state index contributed by atoms with van der Waals surface area (Å²) in [6.07, 6.45) is 1.69. The lowest BCUT2D eigenvalue weighted by atomic mass is 9.76. The van der Waals surface area contributed by atoms with Gasteiger partial charge in [0.15, 0.2) is 5.78 Å². The molecule has 1 atom stereocenters. The molecule has 2 aromatic rings. The lowest BCUT2D eigenvalue weighted by molar-refractivity contribution is -0.120. The van der Waals surface area contributed by atoms with E-state index < -0.39 is 11.7 Å². The quantitative estimate of drug-likeness (QED) is 0.771. The molecular formula is C23H22FNO4. The van der Waals surface area contributed by atoms with E-state index in [9.17, 15) is 14.0 Å². The summed E-state index contributed by atoms with van der Waals surface area (Å²) in [4.78, 5) is 27.5. The summed E-state index contributed by atoms with van der Waals surface area (Å²) in [6.45, 7) is 0. The monoisotopic (exact) mass is 395 g/mol. The number of halogens is 1. The highest BCUT2D eigenvalue weighted by molar-refractivity contribution is 6.07. The number of carbonyl (C=O) groups excluding carboxylic acids is 2. The molecule has 1 aliphatic heterocycles. The van der Waals surface area contributed by atoms with Crippen LogP contribution in [0.5, 0.6) is 11.5 Å². The van der Waals surface area contributed by atoms with E-state index in [0.29, 0.717) is 42.0 Å². The van der Waals surface area contributed by atoms with Crippen LogP contribution < -0.4 is 14.4 Å². The number of allylic oxidation sites excluding steroid dienone is 2. The third-order valence-electron chi connectivity index (χ3n) is 5.58. The molecule has 1 unspecified atom stereocenters. The van der Waals surface area contributed by atoms with Gasteiger partial charge in [0.1, 0.15) is 17.3 Å². The van der Waals surface area contributed by atoms with Gasteiger partial charge in [0.05, 0.1) is 19.9 Å². The molecule has 1 heterocycles. The number of anilines is 1.